The maximum absolute atomic E-state index is 6.34. The maximum Gasteiger partial charge on any atom is 0.135 e. The third kappa shape index (κ3) is 4.96. The van der Waals surface area contributed by atoms with Crippen molar-refractivity contribution in [2.75, 3.05) is 0 Å². The summed E-state index contributed by atoms with van der Waals surface area (Å²) in [4.78, 5) is 0. The van der Waals surface area contributed by atoms with E-state index in [4.69, 9.17) is 8.83 Å². The maximum atomic E-state index is 6.34. The third-order valence-electron chi connectivity index (χ3n) is 13.5. The minimum atomic E-state index is -1.81. The van der Waals surface area contributed by atoms with Gasteiger partial charge in [0.25, 0.3) is 0 Å². The van der Waals surface area contributed by atoms with Crippen LogP contribution in [0.3, 0.4) is 0 Å². The summed E-state index contributed by atoms with van der Waals surface area (Å²) < 4.78 is 12.7. The summed E-state index contributed by atoms with van der Waals surface area (Å²) in [5, 5.41) is 12.5. The van der Waals surface area contributed by atoms with E-state index in [0.717, 1.165) is 55.0 Å². The van der Waals surface area contributed by atoms with Gasteiger partial charge in [-0.3, -0.25) is 0 Å². The fourth-order valence-electron chi connectivity index (χ4n) is 10.7. The molecule has 0 amide bonds. The zero-order valence-corrected chi connectivity index (χ0v) is 34.8. The Labute approximate surface area is 354 Å². The Bertz CT molecular complexity index is 3620. The standard InChI is InChI=1S/C58H38O2Si/c1-61(2)54-25-12-9-16-42(54)49-34-37(28-31-55(49)61)56-43-17-3-5-19-45(43)58(46-20-6-4-18-44(46)56)57-38(35-26-29-52-47(32-35)40-14-7-10-23-50(40)59-52)21-13-22-39(57)36-27-30-53-48(33-36)41-15-8-11-24-51(41)60-53/h3-34H,1-2H3. The summed E-state index contributed by atoms with van der Waals surface area (Å²) in [6.07, 6.45) is 0. The third-order valence-corrected chi connectivity index (χ3v) is 17.1. The van der Waals surface area contributed by atoms with Gasteiger partial charge in [0.1, 0.15) is 30.4 Å². The summed E-state index contributed by atoms with van der Waals surface area (Å²) in [6.45, 7) is 4.98. The molecule has 0 bridgehead atoms. The SMILES string of the molecule is C[Si]1(C)c2ccccc2-c2cc(-c3c4ccccc4c(-c4c(-c5ccc6oc7ccccc7c6c5)cccc4-c4ccc5oc6ccccc6c5c4)c4ccccc34)ccc21. The largest absolute Gasteiger partial charge is 0.456 e. The monoisotopic (exact) mass is 794 g/mol. The molecule has 0 radical (unpaired) electrons. The number of rotatable bonds is 4. The van der Waals surface area contributed by atoms with Crippen molar-refractivity contribution in [3.8, 4) is 55.6 Å². The van der Waals surface area contributed by atoms with E-state index in [0.29, 0.717) is 0 Å². The highest BCUT2D eigenvalue weighted by Crippen LogP contribution is 2.50. The molecule has 2 aromatic heterocycles. The predicted molar refractivity (Wildman–Crippen MR) is 260 cm³/mol. The molecule has 3 heteroatoms. The van der Waals surface area contributed by atoms with Crippen LogP contribution in [0.25, 0.3) is 121 Å². The Morgan fingerprint density at radius 3 is 1.28 bits per heavy atom. The molecule has 2 nitrogen and oxygen atoms in total. The van der Waals surface area contributed by atoms with Gasteiger partial charge in [-0.1, -0.05) is 165 Å². The van der Waals surface area contributed by atoms with Crippen molar-refractivity contribution in [3.05, 3.63) is 194 Å². The lowest BCUT2D eigenvalue weighted by Crippen LogP contribution is -2.49. The van der Waals surface area contributed by atoms with Gasteiger partial charge in [-0.05, 0) is 130 Å². The number of hydrogen-bond donors (Lipinski definition) is 0. The second-order valence-corrected chi connectivity index (χ2v) is 21.4. The Balaban J connectivity index is 1.13. The summed E-state index contributed by atoms with van der Waals surface area (Å²) in [7, 11) is -1.81. The highest BCUT2D eigenvalue weighted by atomic mass is 28.3. The molecular formula is C58H38O2Si. The molecule has 0 saturated heterocycles. The molecule has 0 atom stereocenters. The number of para-hydroxylation sites is 2. The first-order chi connectivity index (χ1) is 30.0. The molecule has 61 heavy (non-hydrogen) atoms. The van der Waals surface area contributed by atoms with E-state index >= 15 is 0 Å². The molecule has 0 spiro atoms. The smallest absolute Gasteiger partial charge is 0.135 e. The van der Waals surface area contributed by atoms with Gasteiger partial charge < -0.3 is 8.83 Å². The van der Waals surface area contributed by atoms with E-state index in [2.05, 4.69) is 195 Å². The predicted octanol–water partition coefficient (Wildman–Crippen LogP) is 15.3. The molecule has 0 fully saturated rings. The molecule has 0 aliphatic carbocycles. The molecule has 286 valence electrons. The number of benzene rings is 10. The summed E-state index contributed by atoms with van der Waals surface area (Å²) in [5.74, 6) is 0. The van der Waals surface area contributed by atoms with Crippen molar-refractivity contribution >= 4 is 83.9 Å². The first kappa shape index (κ1) is 34.4. The molecule has 0 unspecified atom stereocenters. The first-order valence-electron chi connectivity index (χ1n) is 21.2. The zero-order chi connectivity index (χ0) is 40.4. The van der Waals surface area contributed by atoms with Crippen molar-refractivity contribution in [1.29, 1.82) is 0 Å². The molecule has 1 aliphatic heterocycles. The van der Waals surface area contributed by atoms with E-state index in [1.165, 1.54) is 76.4 Å². The highest BCUT2D eigenvalue weighted by Gasteiger charge is 2.37. The van der Waals surface area contributed by atoms with Crippen LogP contribution in [0.5, 0.6) is 0 Å². The van der Waals surface area contributed by atoms with Crippen molar-refractivity contribution in [2.45, 2.75) is 13.1 Å². The molecule has 1 aliphatic rings. The van der Waals surface area contributed by atoms with Crippen LogP contribution >= 0.6 is 0 Å². The Morgan fingerprint density at radius 2 is 0.705 bits per heavy atom. The first-order valence-corrected chi connectivity index (χ1v) is 24.2. The second kappa shape index (κ2) is 12.8. The van der Waals surface area contributed by atoms with E-state index in [9.17, 15) is 0 Å². The second-order valence-electron chi connectivity index (χ2n) is 17.1. The van der Waals surface area contributed by atoms with Crippen molar-refractivity contribution in [2.24, 2.45) is 0 Å². The quantitative estimate of drug-likeness (QED) is 0.131. The topological polar surface area (TPSA) is 26.3 Å². The highest BCUT2D eigenvalue weighted by molar-refractivity contribution is 7.03. The van der Waals surface area contributed by atoms with Gasteiger partial charge >= 0.3 is 0 Å². The summed E-state index contributed by atoms with van der Waals surface area (Å²) in [5.41, 5.74) is 16.0. The fourth-order valence-corrected chi connectivity index (χ4v) is 13.7. The van der Waals surface area contributed by atoms with Crippen LogP contribution in [0.4, 0.5) is 0 Å². The molecule has 10 aromatic carbocycles. The minimum absolute atomic E-state index is 0.892. The van der Waals surface area contributed by atoms with Crippen LogP contribution < -0.4 is 10.4 Å². The van der Waals surface area contributed by atoms with Gasteiger partial charge in [-0.2, -0.15) is 0 Å². The van der Waals surface area contributed by atoms with Crippen molar-refractivity contribution in [1.82, 2.24) is 0 Å². The van der Waals surface area contributed by atoms with Crippen LogP contribution in [0.2, 0.25) is 13.1 Å². The lowest BCUT2D eigenvalue weighted by Gasteiger charge is -2.23. The Hall–Kier alpha value is -7.46. The Kier molecular flexibility index (Phi) is 7.20. The molecule has 12 aromatic rings. The van der Waals surface area contributed by atoms with Gasteiger partial charge in [0, 0.05) is 21.5 Å². The van der Waals surface area contributed by atoms with Gasteiger partial charge in [-0.25, -0.2) is 0 Å². The molecule has 13 rings (SSSR count). The molecule has 0 N–H and O–H groups in total. The van der Waals surface area contributed by atoms with Crippen LogP contribution in [0.15, 0.2) is 203 Å². The lowest BCUT2D eigenvalue weighted by molar-refractivity contribution is 0.668. The van der Waals surface area contributed by atoms with Gasteiger partial charge in [0.15, 0.2) is 0 Å². The van der Waals surface area contributed by atoms with Crippen molar-refractivity contribution in [3.63, 3.8) is 0 Å². The molecule has 3 heterocycles. The van der Waals surface area contributed by atoms with Crippen molar-refractivity contribution < 1.29 is 8.83 Å². The van der Waals surface area contributed by atoms with E-state index < -0.39 is 8.07 Å². The van der Waals surface area contributed by atoms with E-state index in [-0.39, 0.29) is 0 Å². The zero-order valence-electron chi connectivity index (χ0n) is 33.8. The summed E-state index contributed by atoms with van der Waals surface area (Å²) in [6, 6.07) is 71.4. The van der Waals surface area contributed by atoms with Crippen LogP contribution in [0, 0.1) is 0 Å². The van der Waals surface area contributed by atoms with Gasteiger partial charge in [0.05, 0.1) is 0 Å². The fraction of sp³-hybridized carbons (Fsp3) is 0.0345. The van der Waals surface area contributed by atoms with Crippen LogP contribution in [-0.2, 0) is 0 Å². The average molecular weight is 795 g/mol. The molecule has 0 saturated carbocycles. The van der Waals surface area contributed by atoms with Crippen LogP contribution in [-0.4, -0.2) is 8.07 Å². The van der Waals surface area contributed by atoms with Gasteiger partial charge in [-0.15, -0.1) is 0 Å². The normalized spacial score (nSPS) is 13.2. The summed E-state index contributed by atoms with van der Waals surface area (Å²) >= 11 is 0. The lowest BCUT2D eigenvalue weighted by atomic mass is 9.80. The van der Waals surface area contributed by atoms with E-state index in [1.54, 1.807) is 0 Å². The number of fused-ring (bicyclic) bond motifs is 11. The number of furan rings is 2. The van der Waals surface area contributed by atoms with E-state index in [1.807, 2.05) is 12.1 Å². The number of hydrogen-bond acceptors (Lipinski definition) is 2. The molecular weight excluding hydrogens is 757 g/mol. The van der Waals surface area contributed by atoms with Crippen LogP contribution in [0.1, 0.15) is 0 Å². The Morgan fingerprint density at radius 1 is 0.279 bits per heavy atom. The minimum Gasteiger partial charge on any atom is -0.456 e. The van der Waals surface area contributed by atoms with Gasteiger partial charge in [0.2, 0.25) is 0 Å². The average Bonchev–Trinajstić information content (AvgIpc) is 3.94.